The average molecular weight is 654 g/mol. The molecule has 4 aromatic rings. The third-order valence-corrected chi connectivity index (χ3v) is 8.71. The predicted molar refractivity (Wildman–Crippen MR) is 173 cm³/mol. The molecule has 246 valence electrons. The smallest absolute Gasteiger partial charge is 0.298 e. The summed E-state index contributed by atoms with van der Waals surface area (Å²) in [6.45, 7) is 3.35. The van der Waals surface area contributed by atoms with Crippen LogP contribution in [0.4, 0.5) is 20.2 Å². The molecule has 0 unspecified atom stereocenters. The molecule has 2 atom stereocenters. The van der Waals surface area contributed by atoms with E-state index in [4.69, 9.17) is 4.74 Å². The van der Waals surface area contributed by atoms with Crippen molar-refractivity contribution < 1.29 is 27.9 Å². The lowest BCUT2D eigenvalue weighted by Crippen LogP contribution is -2.60. The highest BCUT2D eigenvalue weighted by Gasteiger charge is 2.46. The van der Waals surface area contributed by atoms with Crippen molar-refractivity contribution in [3.05, 3.63) is 107 Å². The first-order valence-corrected chi connectivity index (χ1v) is 15.5. The quantitative estimate of drug-likeness (QED) is 0.271. The Balaban J connectivity index is 1.35. The summed E-state index contributed by atoms with van der Waals surface area (Å²) in [6.07, 6.45) is 1.94. The van der Waals surface area contributed by atoms with Gasteiger partial charge >= 0.3 is 0 Å². The number of benzene rings is 3. The van der Waals surface area contributed by atoms with Crippen LogP contribution < -0.4 is 20.3 Å². The van der Waals surface area contributed by atoms with E-state index < -0.39 is 23.8 Å². The van der Waals surface area contributed by atoms with E-state index in [1.165, 1.54) is 67.9 Å². The number of carbonyl (C=O) groups excluding carboxylic acids is 3. The molecule has 0 bridgehead atoms. The monoisotopic (exact) mass is 653 g/mol. The molecule has 3 heterocycles. The lowest BCUT2D eigenvalue weighted by molar-refractivity contribution is -0.122. The molecule has 3 amide bonds. The topological polar surface area (TPSA) is 133 Å². The average Bonchev–Trinajstić information content (AvgIpc) is 3.52. The SMILES string of the molecule is CCNC(=O)CN1CC[C@H]2[C@H](C1)N(c1ccc(C(F)(F)c3ccccc3)cc1)C(=O)c1c(NC(=O)c3ccc(OC)c(C#N)c3)cnn12. The minimum Gasteiger partial charge on any atom is -0.495 e. The molecule has 3 aromatic carbocycles. The Hall–Kier alpha value is -5.61. The summed E-state index contributed by atoms with van der Waals surface area (Å²) in [7, 11) is 1.42. The third kappa shape index (κ3) is 5.98. The van der Waals surface area contributed by atoms with E-state index in [9.17, 15) is 19.6 Å². The number of likely N-dealkylation sites (N-methyl/N-ethyl adjacent to an activating group) is 1. The summed E-state index contributed by atoms with van der Waals surface area (Å²) in [5.41, 5.74) is 0.666. The first kappa shape index (κ1) is 32.3. The Kier molecular flexibility index (Phi) is 8.92. The van der Waals surface area contributed by atoms with Gasteiger partial charge in [-0.1, -0.05) is 42.5 Å². The number of fused-ring (bicyclic) bond motifs is 3. The molecule has 0 saturated carbocycles. The second-order valence-electron chi connectivity index (χ2n) is 11.6. The van der Waals surface area contributed by atoms with Crippen LogP contribution in [0.5, 0.6) is 5.75 Å². The number of amides is 3. The predicted octanol–water partition coefficient (Wildman–Crippen LogP) is 4.57. The zero-order valence-corrected chi connectivity index (χ0v) is 26.3. The Labute approximate surface area is 275 Å². The van der Waals surface area contributed by atoms with Gasteiger partial charge in [-0.25, -0.2) is 0 Å². The number of nitrogens with one attached hydrogen (secondary N) is 2. The van der Waals surface area contributed by atoms with Crippen molar-refractivity contribution in [1.82, 2.24) is 20.0 Å². The van der Waals surface area contributed by atoms with E-state index in [0.29, 0.717) is 37.5 Å². The maximum atomic E-state index is 15.4. The Morgan fingerprint density at radius 3 is 2.48 bits per heavy atom. The van der Waals surface area contributed by atoms with Crippen LogP contribution in [-0.4, -0.2) is 71.7 Å². The number of alkyl halides is 2. The van der Waals surface area contributed by atoms with Crippen molar-refractivity contribution >= 4 is 29.1 Å². The first-order chi connectivity index (χ1) is 23.2. The molecule has 11 nitrogen and oxygen atoms in total. The minimum absolute atomic E-state index is 0.134. The molecule has 0 radical (unpaired) electrons. The number of likely N-dealkylation sites (tertiary alicyclic amines) is 1. The van der Waals surface area contributed by atoms with Crippen LogP contribution in [0.3, 0.4) is 0 Å². The van der Waals surface area contributed by atoms with Crippen molar-refractivity contribution in [1.29, 1.82) is 5.26 Å². The number of methoxy groups -OCH3 is 1. The number of hydrogen-bond donors (Lipinski definition) is 2. The second-order valence-corrected chi connectivity index (χ2v) is 11.6. The van der Waals surface area contributed by atoms with Crippen LogP contribution in [0.25, 0.3) is 0 Å². The van der Waals surface area contributed by atoms with E-state index >= 15 is 8.78 Å². The highest BCUT2D eigenvalue weighted by atomic mass is 19.3. The summed E-state index contributed by atoms with van der Waals surface area (Å²) < 4.78 is 37.6. The molecule has 48 heavy (non-hydrogen) atoms. The zero-order chi connectivity index (χ0) is 34.0. The van der Waals surface area contributed by atoms with Gasteiger partial charge in [-0.3, -0.25) is 24.0 Å². The van der Waals surface area contributed by atoms with Crippen molar-refractivity contribution in [2.75, 3.05) is 43.5 Å². The van der Waals surface area contributed by atoms with Gasteiger partial charge < -0.3 is 20.3 Å². The Morgan fingerprint density at radius 1 is 1.06 bits per heavy atom. The molecular formula is C35H33F2N7O4. The van der Waals surface area contributed by atoms with Gasteiger partial charge in [0, 0.05) is 42.0 Å². The number of rotatable bonds is 9. The summed E-state index contributed by atoms with van der Waals surface area (Å²) >= 11 is 0. The van der Waals surface area contributed by atoms with Gasteiger partial charge in [-0.05, 0) is 43.7 Å². The maximum Gasteiger partial charge on any atom is 0.298 e. The molecule has 0 spiro atoms. The highest BCUT2D eigenvalue weighted by molar-refractivity contribution is 6.13. The largest absolute Gasteiger partial charge is 0.495 e. The molecule has 1 saturated heterocycles. The highest BCUT2D eigenvalue weighted by Crippen LogP contribution is 2.41. The fourth-order valence-electron chi connectivity index (χ4n) is 6.39. The van der Waals surface area contributed by atoms with Gasteiger partial charge in [0.2, 0.25) is 5.91 Å². The number of nitriles is 1. The molecular weight excluding hydrogens is 620 g/mol. The van der Waals surface area contributed by atoms with E-state index in [0.717, 1.165) is 0 Å². The number of anilines is 2. The molecule has 0 aliphatic carbocycles. The van der Waals surface area contributed by atoms with Gasteiger partial charge in [0.15, 0.2) is 5.69 Å². The molecule has 1 fully saturated rings. The summed E-state index contributed by atoms with van der Waals surface area (Å²) in [5.74, 6) is -4.12. The van der Waals surface area contributed by atoms with E-state index in [1.807, 2.05) is 17.9 Å². The lowest BCUT2D eigenvalue weighted by Gasteiger charge is -2.47. The summed E-state index contributed by atoms with van der Waals surface area (Å²) in [5, 5.41) is 19.5. The van der Waals surface area contributed by atoms with Crippen LogP contribution in [0, 0.1) is 11.3 Å². The van der Waals surface area contributed by atoms with Crippen molar-refractivity contribution in [3.8, 4) is 11.8 Å². The Morgan fingerprint density at radius 2 is 1.79 bits per heavy atom. The zero-order valence-electron chi connectivity index (χ0n) is 26.3. The number of aromatic nitrogens is 2. The van der Waals surface area contributed by atoms with E-state index in [1.54, 1.807) is 27.8 Å². The van der Waals surface area contributed by atoms with Gasteiger partial charge in [-0.2, -0.15) is 19.1 Å². The number of carbonyl (C=O) groups is 3. The van der Waals surface area contributed by atoms with Gasteiger partial charge in [0.1, 0.15) is 11.8 Å². The van der Waals surface area contributed by atoms with Crippen LogP contribution in [0.15, 0.2) is 79.0 Å². The molecule has 1 aromatic heterocycles. The van der Waals surface area contributed by atoms with Gasteiger partial charge in [-0.15, -0.1) is 0 Å². The third-order valence-electron chi connectivity index (χ3n) is 8.71. The number of piperidine rings is 1. The van der Waals surface area contributed by atoms with Crippen LogP contribution >= 0.6 is 0 Å². The van der Waals surface area contributed by atoms with E-state index in [-0.39, 0.29) is 52.1 Å². The van der Waals surface area contributed by atoms with Crippen LogP contribution in [0.2, 0.25) is 0 Å². The van der Waals surface area contributed by atoms with E-state index in [2.05, 4.69) is 15.7 Å². The summed E-state index contributed by atoms with van der Waals surface area (Å²) in [6, 6.07) is 18.7. The fraction of sp³-hybridized carbons (Fsp3) is 0.286. The number of hydrogen-bond acceptors (Lipinski definition) is 7. The molecule has 2 N–H and O–H groups in total. The van der Waals surface area contributed by atoms with Gasteiger partial charge in [0.25, 0.3) is 17.7 Å². The molecule has 2 aliphatic heterocycles. The van der Waals surface area contributed by atoms with Crippen molar-refractivity contribution in [2.45, 2.75) is 31.4 Å². The van der Waals surface area contributed by atoms with Crippen molar-refractivity contribution in [3.63, 3.8) is 0 Å². The van der Waals surface area contributed by atoms with Crippen molar-refractivity contribution in [2.24, 2.45) is 0 Å². The molecule has 13 heteroatoms. The van der Waals surface area contributed by atoms with Crippen LogP contribution in [0.1, 0.15) is 56.9 Å². The number of ether oxygens (including phenoxy) is 1. The number of nitrogens with zero attached hydrogens (tertiary/aromatic N) is 5. The standard InChI is InChI=1S/C35H33F2N7O4/c1-3-39-31(45)21-42-16-15-28-29(20-42)43(26-12-10-25(11-13-26)35(36,37)24-7-5-4-6-8-24)34(47)32-27(19-40-44(28)32)41-33(46)22-9-14-30(48-2)23(17-22)18-38/h4-14,17,19,28-29H,3,15-16,20-21H2,1-2H3,(H,39,45)(H,41,46)/t28-,29-/m0/s1. The first-order valence-electron chi connectivity index (χ1n) is 15.5. The molecule has 6 rings (SSSR count). The lowest BCUT2D eigenvalue weighted by atomic mass is 9.93. The normalized spacial score (nSPS) is 17.6. The second kappa shape index (κ2) is 13.2. The Bertz CT molecular complexity index is 1890. The number of halogens is 2. The maximum absolute atomic E-state index is 15.4. The molecule has 2 aliphatic rings. The van der Waals surface area contributed by atoms with Gasteiger partial charge in [0.05, 0.1) is 43.2 Å². The van der Waals surface area contributed by atoms with Crippen LogP contribution in [-0.2, 0) is 10.7 Å². The fourth-order valence-corrected chi connectivity index (χ4v) is 6.39. The minimum atomic E-state index is -3.26. The summed E-state index contributed by atoms with van der Waals surface area (Å²) in [4.78, 5) is 43.7.